The predicted octanol–water partition coefficient (Wildman–Crippen LogP) is 1.74. The molecule has 0 amide bonds. The average molecular weight is 195 g/mol. The highest BCUT2D eigenvalue weighted by molar-refractivity contribution is 5.09. The quantitative estimate of drug-likeness (QED) is 0.777. The largest absolute Gasteiger partial charge is 0.330 e. The lowest BCUT2D eigenvalue weighted by Crippen LogP contribution is -2.12. The number of aryl methyl sites for hydroxylation is 3. The van der Waals surface area contributed by atoms with Crippen LogP contribution in [0.2, 0.25) is 0 Å². The highest BCUT2D eigenvalue weighted by Gasteiger charge is 2.05. The first-order chi connectivity index (χ1) is 6.67. The van der Waals surface area contributed by atoms with Gasteiger partial charge in [0.15, 0.2) is 0 Å². The Balaban J connectivity index is 2.57. The molecule has 0 aliphatic heterocycles. The summed E-state index contributed by atoms with van der Waals surface area (Å²) in [5.74, 6) is 0.607. The highest BCUT2D eigenvalue weighted by Crippen LogP contribution is 2.10. The van der Waals surface area contributed by atoms with Gasteiger partial charge in [-0.25, -0.2) is 0 Å². The molecule has 1 aromatic heterocycles. The van der Waals surface area contributed by atoms with E-state index in [0.29, 0.717) is 5.92 Å². The summed E-state index contributed by atoms with van der Waals surface area (Å²) in [5, 5.41) is 4.42. The fourth-order valence-corrected chi connectivity index (χ4v) is 1.59. The molecule has 0 aliphatic carbocycles. The molecule has 1 aromatic rings. The molecule has 80 valence electrons. The van der Waals surface area contributed by atoms with Gasteiger partial charge in [0.1, 0.15) is 0 Å². The van der Waals surface area contributed by atoms with E-state index in [0.717, 1.165) is 31.6 Å². The predicted molar refractivity (Wildman–Crippen MR) is 59.2 cm³/mol. The Morgan fingerprint density at radius 1 is 1.57 bits per heavy atom. The molecule has 3 nitrogen and oxygen atoms in total. The number of aromatic nitrogens is 2. The Morgan fingerprint density at radius 3 is 2.86 bits per heavy atom. The second-order valence-corrected chi connectivity index (χ2v) is 3.97. The molecule has 2 N–H and O–H groups in total. The smallest absolute Gasteiger partial charge is 0.0596 e. The van der Waals surface area contributed by atoms with Crippen molar-refractivity contribution in [3.8, 4) is 0 Å². The molecule has 0 saturated heterocycles. The molecule has 1 unspecified atom stereocenters. The van der Waals surface area contributed by atoms with Crippen LogP contribution in [0.5, 0.6) is 0 Å². The van der Waals surface area contributed by atoms with Crippen molar-refractivity contribution in [1.29, 1.82) is 0 Å². The number of nitrogens with two attached hydrogens (primary N) is 1. The molecule has 1 rings (SSSR count). The van der Waals surface area contributed by atoms with Gasteiger partial charge in [0.05, 0.1) is 5.69 Å². The number of hydrogen-bond acceptors (Lipinski definition) is 2. The minimum absolute atomic E-state index is 0.607. The molecule has 0 fully saturated rings. The summed E-state index contributed by atoms with van der Waals surface area (Å²) in [4.78, 5) is 0. The van der Waals surface area contributed by atoms with Crippen LogP contribution >= 0.6 is 0 Å². The number of rotatable bonds is 5. The van der Waals surface area contributed by atoms with Gasteiger partial charge in [-0.1, -0.05) is 6.92 Å². The van der Waals surface area contributed by atoms with Crippen LogP contribution in [0.1, 0.15) is 31.7 Å². The van der Waals surface area contributed by atoms with Gasteiger partial charge in [0, 0.05) is 12.2 Å². The maximum absolute atomic E-state index is 5.59. The third-order valence-corrected chi connectivity index (χ3v) is 2.58. The molecule has 1 heterocycles. The Morgan fingerprint density at radius 2 is 2.29 bits per heavy atom. The van der Waals surface area contributed by atoms with Gasteiger partial charge in [-0.3, -0.25) is 4.68 Å². The van der Waals surface area contributed by atoms with Crippen LogP contribution < -0.4 is 5.73 Å². The van der Waals surface area contributed by atoms with Gasteiger partial charge < -0.3 is 5.73 Å². The monoisotopic (exact) mass is 195 g/mol. The third-order valence-electron chi connectivity index (χ3n) is 2.58. The topological polar surface area (TPSA) is 43.8 Å². The van der Waals surface area contributed by atoms with E-state index >= 15 is 0 Å². The lowest BCUT2D eigenvalue weighted by atomic mass is 10.0. The van der Waals surface area contributed by atoms with Gasteiger partial charge in [-0.15, -0.1) is 0 Å². The van der Waals surface area contributed by atoms with Crippen LogP contribution in [0.3, 0.4) is 0 Å². The zero-order valence-corrected chi connectivity index (χ0v) is 9.45. The standard InChI is InChI=1S/C11H21N3/c1-4-14-11(7-10(3)13-14)6-5-9(2)8-12/h7,9H,4-6,8,12H2,1-3H3. The van der Waals surface area contributed by atoms with Gasteiger partial charge in [-0.2, -0.15) is 5.10 Å². The van der Waals surface area contributed by atoms with Gasteiger partial charge in [0.25, 0.3) is 0 Å². The van der Waals surface area contributed by atoms with Crippen LogP contribution in [0, 0.1) is 12.8 Å². The summed E-state index contributed by atoms with van der Waals surface area (Å²) in [7, 11) is 0. The number of nitrogens with zero attached hydrogens (tertiary/aromatic N) is 2. The summed E-state index contributed by atoms with van der Waals surface area (Å²) in [6.07, 6.45) is 2.24. The van der Waals surface area contributed by atoms with Crippen molar-refractivity contribution in [3.63, 3.8) is 0 Å². The van der Waals surface area contributed by atoms with Crippen molar-refractivity contribution in [2.24, 2.45) is 11.7 Å². The summed E-state index contributed by atoms with van der Waals surface area (Å²) < 4.78 is 2.08. The zero-order valence-electron chi connectivity index (χ0n) is 9.45. The van der Waals surface area contributed by atoms with Crippen LogP contribution in [-0.2, 0) is 13.0 Å². The zero-order chi connectivity index (χ0) is 10.6. The molecular formula is C11H21N3. The Kier molecular flexibility index (Phi) is 4.14. The molecule has 0 radical (unpaired) electrons. The minimum atomic E-state index is 0.607. The molecule has 0 spiro atoms. The van der Waals surface area contributed by atoms with Crippen LogP contribution in [-0.4, -0.2) is 16.3 Å². The SMILES string of the molecule is CCn1nc(C)cc1CCC(C)CN. The average Bonchev–Trinajstić information content (AvgIpc) is 2.55. The maximum Gasteiger partial charge on any atom is 0.0596 e. The van der Waals surface area contributed by atoms with Crippen molar-refractivity contribution in [1.82, 2.24) is 9.78 Å². The summed E-state index contributed by atoms with van der Waals surface area (Å²) in [6, 6.07) is 2.17. The molecule has 0 aromatic carbocycles. The van der Waals surface area contributed by atoms with Crippen molar-refractivity contribution < 1.29 is 0 Å². The lowest BCUT2D eigenvalue weighted by molar-refractivity contribution is 0.520. The van der Waals surface area contributed by atoms with Crippen LogP contribution in [0.4, 0.5) is 0 Å². The highest BCUT2D eigenvalue weighted by atomic mass is 15.3. The Labute approximate surface area is 86.3 Å². The third kappa shape index (κ3) is 2.84. The fourth-order valence-electron chi connectivity index (χ4n) is 1.59. The van der Waals surface area contributed by atoms with Gasteiger partial charge in [-0.05, 0) is 45.2 Å². The second-order valence-electron chi connectivity index (χ2n) is 3.97. The van der Waals surface area contributed by atoms with E-state index in [1.807, 2.05) is 6.92 Å². The first-order valence-corrected chi connectivity index (χ1v) is 5.40. The van der Waals surface area contributed by atoms with Gasteiger partial charge >= 0.3 is 0 Å². The van der Waals surface area contributed by atoms with Crippen molar-refractivity contribution in [2.45, 2.75) is 40.2 Å². The van der Waals surface area contributed by atoms with E-state index in [1.54, 1.807) is 0 Å². The molecule has 14 heavy (non-hydrogen) atoms. The molecule has 0 bridgehead atoms. The van der Waals surface area contributed by atoms with Crippen molar-refractivity contribution in [3.05, 3.63) is 17.5 Å². The van der Waals surface area contributed by atoms with Crippen LogP contribution in [0.25, 0.3) is 0 Å². The van der Waals surface area contributed by atoms with E-state index in [1.165, 1.54) is 5.69 Å². The van der Waals surface area contributed by atoms with Crippen molar-refractivity contribution >= 4 is 0 Å². The fraction of sp³-hybridized carbons (Fsp3) is 0.727. The second kappa shape index (κ2) is 5.15. The summed E-state index contributed by atoms with van der Waals surface area (Å²) in [5.41, 5.74) is 8.04. The van der Waals surface area contributed by atoms with E-state index in [4.69, 9.17) is 5.73 Å². The Bertz CT molecular complexity index is 278. The molecular weight excluding hydrogens is 174 g/mol. The molecule has 0 saturated carbocycles. The molecule has 3 heteroatoms. The normalized spacial score (nSPS) is 13.1. The maximum atomic E-state index is 5.59. The van der Waals surface area contributed by atoms with E-state index in [9.17, 15) is 0 Å². The first kappa shape index (κ1) is 11.2. The first-order valence-electron chi connectivity index (χ1n) is 5.40. The summed E-state index contributed by atoms with van der Waals surface area (Å²) in [6.45, 7) is 8.10. The van der Waals surface area contributed by atoms with Crippen molar-refractivity contribution in [2.75, 3.05) is 6.54 Å². The van der Waals surface area contributed by atoms with E-state index in [2.05, 4.69) is 29.7 Å². The van der Waals surface area contributed by atoms with E-state index in [-0.39, 0.29) is 0 Å². The lowest BCUT2D eigenvalue weighted by Gasteiger charge is -2.08. The molecule has 0 aliphatic rings. The minimum Gasteiger partial charge on any atom is -0.330 e. The summed E-state index contributed by atoms with van der Waals surface area (Å²) >= 11 is 0. The molecule has 1 atom stereocenters. The number of hydrogen-bond donors (Lipinski definition) is 1. The van der Waals surface area contributed by atoms with Gasteiger partial charge in [0.2, 0.25) is 0 Å². The Hall–Kier alpha value is -0.830. The van der Waals surface area contributed by atoms with E-state index < -0.39 is 0 Å². The van der Waals surface area contributed by atoms with Crippen LogP contribution in [0.15, 0.2) is 6.07 Å².